The van der Waals surface area contributed by atoms with Gasteiger partial charge in [-0.2, -0.15) is 5.26 Å². The van der Waals surface area contributed by atoms with Crippen LogP contribution in [0.15, 0.2) is 42.7 Å². The predicted octanol–water partition coefficient (Wildman–Crippen LogP) is 3.93. The van der Waals surface area contributed by atoms with Crippen molar-refractivity contribution < 1.29 is 8.78 Å². The maximum absolute atomic E-state index is 14.0. The average Bonchev–Trinajstić information content (AvgIpc) is 2.94. The Morgan fingerprint density at radius 1 is 1.00 bits per heavy atom. The summed E-state index contributed by atoms with van der Waals surface area (Å²) in [6, 6.07) is 8.63. The third-order valence-electron chi connectivity index (χ3n) is 3.69. The van der Waals surface area contributed by atoms with E-state index in [1.165, 1.54) is 6.20 Å². The van der Waals surface area contributed by atoms with Gasteiger partial charge < -0.3 is 4.98 Å². The standard InChI is InChI=1S/C17H8F2N4/c18-10-1-2-15(19)12(4-10)9-3-14-13-5-11(6-20)21-8-16(13)23-17(14)22-7-9/h1-5,7-8H,(H,22,23). The molecule has 0 saturated heterocycles. The molecule has 4 nitrogen and oxygen atoms in total. The van der Waals surface area contributed by atoms with Crippen molar-refractivity contribution in [1.29, 1.82) is 5.26 Å². The number of hydrogen-bond acceptors (Lipinski definition) is 3. The molecule has 3 aromatic heterocycles. The van der Waals surface area contributed by atoms with Gasteiger partial charge in [0.2, 0.25) is 0 Å². The fourth-order valence-corrected chi connectivity index (χ4v) is 2.60. The number of hydrogen-bond donors (Lipinski definition) is 1. The fourth-order valence-electron chi connectivity index (χ4n) is 2.60. The quantitative estimate of drug-likeness (QED) is 0.579. The highest BCUT2D eigenvalue weighted by molar-refractivity contribution is 6.06. The maximum atomic E-state index is 14.0. The second kappa shape index (κ2) is 4.85. The van der Waals surface area contributed by atoms with E-state index in [1.54, 1.807) is 18.3 Å². The minimum atomic E-state index is -0.522. The van der Waals surface area contributed by atoms with Crippen LogP contribution in [0.3, 0.4) is 0 Å². The molecule has 0 aliphatic carbocycles. The van der Waals surface area contributed by atoms with E-state index in [1.807, 2.05) is 6.07 Å². The first-order valence-corrected chi connectivity index (χ1v) is 6.79. The summed E-state index contributed by atoms with van der Waals surface area (Å²) in [7, 11) is 0. The Balaban J connectivity index is 2.01. The largest absolute Gasteiger partial charge is 0.338 e. The Morgan fingerprint density at radius 3 is 2.70 bits per heavy atom. The number of nitriles is 1. The van der Waals surface area contributed by atoms with Crippen molar-refractivity contribution in [3.8, 4) is 17.2 Å². The lowest BCUT2D eigenvalue weighted by Gasteiger charge is -2.03. The number of aromatic amines is 1. The molecule has 0 bridgehead atoms. The van der Waals surface area contributed by atoms with Gasteiger partial charge >= 0.3 is 0 Å². The molecule has 4 aromatic rings. The van der Waals surface area contributed by atoms with Crippen molar-refractivity contribution in [2.24, 2.45) is 0 Å². The Labute approximate surface area is 129 Å². The molecule has 0 aliphatic heterocycles. The van der Waals surface area contributed by atoms with E-state index in [-0.39, 0.29) is 11.3 Å². The third-order valence-corrected chi connectivity index (χ3v) is 3.69. The first-order valence-electron chi connectivity index (χ1n) is 6.79. The van der Waals surface area contributed by atoms with E-state index in [9.17, 15) is 8.78 Å². The summed E-state index contributed by atoms with van der Waals surface area (Å²) >= 11 is 0. The molecule has 4 rings (SSSR count). The molecule has 3 heterocycles. The van der Waals surface area contributed by atoms with Gasteiger partial charge in [-0.25, -0.2) is 18.7 Å². The monoisotopic (exact) mass is 306 g/mol. The van der Waals surface area contributed by atoms with Crippen molar-refractivity contribution in [3.05, 3.63) is 60.1 Å². The first-order chi connectivity index (χ1) is 11.2. The lowest BCUT2D eigenvalue weighted by molar-refractivity contribution is 0.603. The Hall–Kier alpha value is -3.33. The molecule has 0 spiro atoms. The maximum Gasteiger partial charge on any atom is 0.141 e. The first kappa shape index (κ1) is 13.3. The van der Waals surface area contributed by atoms with Gasteiger partial charge in [0.25, 0.3) is 0 Å². The van der Waals surface area contributed by atoms with Crippen molar-refractivity contribution in [3.63, 3.8) is 0 Å². The van der Waals surface area contributed by atoms with Crippen LogP contribution in [0.4, 0.5) is 8.78 Å². The van der Waals surface area contributed by atoms with Crippen LogP contribution < -0.4 is 0 Å². The summed E-state index contributed by atoms with van der Waals surface area (Å²) in [6.45, 7) is 0. The van der Waals surface area contributed by atoms with E-state index in [2.05, 4.69) is 15.0 Å². The van der Waals surface area contributed by atoms with Crippen LogP contribution in [0, 0.1) is 23.0 Å². The van der Waals surface area contributed by atoms with Crippen molar-refractivity contribution in [1.82, 2.24) is 15.0 Å². The number of nitrogens with one attached hydrogen (secondary N) is 1. The molecule has 23 heavy (non-hydrogen) atoms. The van der Waals surface area contributed by atoms with Crippen molar-refractivity contribution >= 4 is 21.9 Å². The van der Waals surface area contributed by atoms with Crippen LogP contribution in [0.2, 0.25) is 0 Å². The Kier molecular flexibility index (Phi) is 2.81. The van der Waals surface area contributed by atoms with E-state index in [0.717, 1.165) is 34.5 Å². The van der Waals surface area contributed by atoms with Gasteiger partial charge in [0.1, 0.15) is 29.0 Å². The number of benzene rings is 1. The Morgan fingerprint density at radius 2 is 1.87 bits per heavy atom. The summed E-state index contributed by atoms with van der Waals surface area (Å²) in [5.74, 6) is -1.04. The van der Waals surface area contributed by atoms with Gasteiger partial charge in [0.15, 0.2) is 0 Å². The molecule has 0 atom stereocenters. The summed E-state index contributed by atoms with van der Waals surface area (Å²) < 4.78 is 27.4. The van der Waals surface area contributed by atoms with Gasteiger partial charge in [-0.15, -0.1) is 0 Å². The lowest BCUT2D eigenvalue weighted by Crippen LogP contribution is -1.88. The highest BCUT2D eigenvalue weighted by Gasteiger charge is 2.12. The summed E-state index contributed by atoms with van der Waals surface area (Å²) in [5.41, 5.74) is 2.20. The zero-order chi connectivity index (χ0) is 16.0. The molecule has 0 aliphatic rings. The number of fused-ring (bicyclic) bond motifs is 3. The molecule has 1 aromatic carbocycles. The molecule has 0 radical (unpaired) electrons. The van der Waals surface area contributed by atoms with Crippen LogP contribution >= 0.6 is 0 Å². The lowest BCUT2D eigenvalue weighted by atomic mass is 10.0. The highest BCUT2D eigenvalue weighted by Crippen LogP contribution is 2.30. The second-order valence-electron chi connectivity index (χ2n) is 5.10. The third kappa shape index (κ3) is 2.10. The number of H-pyrrole nitrogens is 1. The second-order valence-corrected chi connectivity index (χ2v) is 5.10. The number of pyridine rings is 2. The number of rotatable bonds is 1. The van der Waals surface area contributed by atoms with Crippen molar-refractivity contribution in [2.45, 2.75) is 0 Å². The molecule has 6 heteroatoms. The summed E-state index contributed by atoms with van der Waals surface area (Å²) in [4.78, 5) is 11.3. The van der Waals surface area contributed by atoms with Gasteiger partial charge in [-0.3, -0.25) is 0 Å². The molecular formula is C17H8F2N4. The van der Waals surface area contributed by atoms with E-state index in [4.69, 9.17) is 5.26 Å². The van der Waals surface area contributed by atoms with Crippen LogP contribution in [-0.2, 0) is 0 Å². The zero-order valence-corrected chi connectivity index (χ0v) is 11.6. The smallest absolute Gasteiger partial charge is 0.141 e. The summed E-state index contributed by atoms with van der Waals surface area (Å²) in [5, 5.41) is 10.5. The molecular weight excluding hydrogens is 298 g/mol. The molecule has 1 N–H and O–H groups in total. The molecule has 0 saturated carbocycles. The van der Waals surface area contributed by atoms with Gasteiger partial charge in [-0.05, 0) is 30.3 Å². The number of halogens is 2. The zero-order valence-electron chi connectivity index (χ0n) is 11.6. The van der Waals surface area contributed by atoms with Crippen LogP contribution in [-0.4, -0.2) is 15.0 Å². The number of nitrogens with zero attached hydrogens (tertiary/aromatic N) is 3. The van der Waals surface area contributed by atoms with Crippen LogP contribution in [0.1, 0.15) is 5.69 Å². The van der Waals surface area contributed by atoms with Crippen LogP contribution in [0.25, 0.3) is 33.1 Å². The number of aromatic nitrogens is 3. The molecule has 0 fully saturated rings. The normalized spacial score (nSPS) is 11.0. The molecule has 110 valence electrons. The van der Waals surface area contributed by atoms with Crippen LogP contribution in [0.5, 0.6) is 0 Å². The average molecular weight is 306 g/mol. The fraction of sp³-hybridized carbons (Fsp3) is 0. The van der Waals surface area contributed by atoms with Gasteiger partial charge in [0, 0.05) is 28.1 Å². The van der Waals surface area contributed by atoms with E-state index >= 15 is 0 Å². The molecule has 0 amide bonds. The van der Waals surface area contributed by atoms with Gasteiger partial charge in [-0.1, -0.05) is 0 Å². The minimum absolute atomic E-state index is 0.142. The molecule has 0 unspecified atom stereocenters. The highest BCUT2D eigenvalue weighted by atomic mass is 19.1. The van der Waals surface area contributed by atoms with E-state index < -0.39 is 11.6 Å². The SMILES string of the molecule is N#Cc1cc2c(cn1)[nH]c1ncc(-c3cc(F)ccc3F)cc12. The van der Waals surface area contributed by atoms with E-state index in [0.29, 0.717) is 11.2 Å². The predicted molar refractivity (Wildman–Crippen MR) is 81.5 cm³/mol. The summed E-state index contributed by atoms with van der Waals surface area (Å²) in [6.07, 6.45) is 3.03. The van der Waals surface area contributed by atoms with Gasteiger partial charge in [0.05, 0.1) is 11.7 Å². The minimum Gasteiger partial charge on any atom is -0.338 e. The Bertz CT molecular complexity index is 1110. The van der Waals surface area contributed by atoms with Crippen molar-refractivity contribution in [2.75, 3.05) is 0 Å². The topological polar surface area (TPSA) is 65.4 Å².